The molecule has 0 radical (unpaired) electrons. The van der Waals surface area contributed by atoms with Gasteiger partial charge < -0.3 is 20.7 Å². The van der Waals surface area contributed by atoms with Crippen molar-refractivity contribution >= 4 is 23.3 Å². The zero-order valence-corrected chi connectivity index (χ0v) is 14.5. The molecule has 2 aromatic rings. The van der Waals surface area contributed by atoms with Gasteiger partial charge in [-0.2, -0.15) is 0 Å². The summed E-state index contributed by atoms with van der Waals surface area (Å²) in [5.41, 5.74) is 7.41. The van der Waals surface area contributed by atoms with E-state index in [1.807, 2.05) is 31.2 Å². The fourth-order valence-electron chi connectivity index (χ4n) is 3.00. The molecule has 0 bridgehead atoms. The van der Waals surface area contributed by atoms with E-state index in [2.05, 4.69) is 26.3 Å². The summed E-state index contributed by atoms with van der Waals surface area (Å²) in [6.45, 7) is 3.34. The molecule has 1 fully saturated rings. The summed E-state index contributed by atoms with van der Waals surface area (Å²) < 4.78 is 4.81. The highest BCUT2D eigenvalue weighted by Gasteiger charge is 2.39. The van der Waals surface area contributed by atoms with Crippen LogP contribution >= 0.6 is 0 Å². The molecule has 7 heteroatoms. The number of hydrogen-bond donors (Lipinski definition) is 2. The molecule has 7 nitrogen and oxygen atoms in total. The van der Waals surface area contributed by atoms with E-state index < -0.39 is 5.54 Å². The Hall–Kier alpha value is -2.67. The van der Waals surface area contributed by atoms with Crippen LogP contribution in [0.1, 0.15) is 18.4 Å². The topological polar surface area (TPSA) is 93.4 Å². The molecule has 0 spiro atoms. The van der Waals surface area contributed by atoms with Crippen molar-refractivity contribution in [3.63, 3.8) is 0 Å². The van der Waals surface area contributed by atoms with Crippen LogP contribution in [0.4, 0.5) is 17.3 Å². The number of aryl methyl sites for hydroxylation is 1. The van der Waals surface area contributed by atoms with Crippen molar-refractivity contribution in [2.45, 2.75) is 25.3 Å². The highest BCUT2D eigenvalue weighted by molar-refractivity contribution is 5.81. The van der Waals surface area contributed by atoms with Gasteiger partial charge in [-0.15, -0.1) is 0 Å². The third-order valence-electron chi connectivity index (χ3n) is 4.51. The number of methoxy groups -OCH3 is 1. The Bertz CT molecular complexity index is 757. The molecule has 0 saturated carbocycles. The van der Waals surface area contributed by atoms with Gasteiger partial charge in [0.2, 0.25) is 0 Å². The van der Waals surface area contributed by atoms with Crippen molar-refractivity contribution in [3.05, 3.63) is 42.2 Å². The Morgan fingerprint density at radius 2 is 2.04 bits per heavy atom. The number of esters is 1. The number of carbonyl (C=O) groups excluding carboxylic acids is 1. The van der Waals surface area contributed by atoms with Crippen LogP contribution in [-0.4, -0.2) is 41.7 Å². The first kappa shape index (κ1) is 17.2. The average Bonchev–Trinajstić information content (AvgIpc) is 2.62. The van der Waals surface area contributed by atoms with E-state index in [0.29, 0.717) is 25.9 Å². The van der Waals surface area contributed by atoms with Crippen molar-refractivity contribution in [1.29, 1.82) is 0 Å². The summed E-state index contributed by atoms with van der Waals surface area (Å²) in [4.78, 5) is 22.6. The molecule has 0 unspecified atom stereocenters. The molecule has 2 heterocycles. The Balaban J connectivity index is 1.69. The molecule has 1 aliphatic rings. The Morgan fingerprint density at radius 3 is 2.72 bits per heavy atom. The second-order valence-corrected chi connectivity index (χ2v) is 6.39. The summed E-state index contributed by atoms with van der Waals surface area (Å²) in [5, 5.41) is 3.29. The zero-order valence-electron chi connectivity index (χ0n) is 14.5. The van der Waals surface area contributed by atoms with Crippen molar-refractivity contribution in [2.75, 3.05) is 30.4 Å². The lowest BCUT2D eigenvalue weighted by Crippen LogP contribution is -2.56. The van der Waals surface area contributed by atoms with Gasteiger partial charge in [-0.1, -0.05) is 12.1 Å². The number of aromatic nitrogens is 2. The van der Waals surface area contributed by atoms with Gasteiger partial charge in [0, 0.05) is 24.8 Å². The van der Waals surface area contributed by atoms with Gasteiger partial charge >= 0.3 is 5.97 Å². The second-order valence-electron chi connectivity index (χ2n) is 6.39. The number of rotatable bonds is 4. The first-order chi connectivity index (χ1) is 12.0. The van der Waals surface area contributed by atoms with Gasteiger partial charge in [0.15, 0.2) is 0 Å². The van der Waals surface area contributed by atoms with Crippen LogP contribution in [-0.2, 0) is 9.53 Å². The maximum atomic E-state index is 11.8. The minimum Gasteiger partial charge on any atom is -0.468 e. The second kappa shape index (κ2) is 7.06. The number of ether oxygens (including phenoxy) is 1. The minimum atomic E-state index is -0.902. The smallest absolute Gasteiger partial charge is 0.325 e. The molecule has 132 valence electrons. The van der Waals surface area contributed by atoms with Crippen LogP contribution < -0.4 is 16.0 Å². The fourth-order valence-corrected chi connectivity index (χ4v) is 3.00. The number of anilines is 3. The Morgan fingerprint density at radius 1 is 1.28 bits per heavy atom. The number of nitrogens with two attached hydrogens (primary N) is 1. The van der Waals surface area contributed by atoms with Gasteiger partial charge in [-0.25, -0.2) is 9.97 Å². The first-order valence-corrected chi connectivity index (χ1v) is 8.28. The van der Waals surface area contributed by atoms with Crippen LogP contribution in [0, 0.1) is 6.92 Å². The number of piperidine rings is 1. The predicted molar refractivity (Wildman–Crippen MR) is 96.9 cm³/mol. The lowest BCUT2D eigenvalue weighted by atomic mass is 9.89. The number of benzene rings is 1. The number of carbonyl (C=O) groups is 1. The molecule has 0 atom stereocenters. The third kappa shape index (κ3) is 3.88. The quantitative estimate of drug-likeness (QED) is 0.822. The van der Waals surface area contributed by atoms with Gasteiger partial charge in [0.25, 0.3) is 0 Å². The van der Waals surface area contributed by atoms with Crippen LogP contribution in [0.25, 0.3) is 0 Å². The number of nitrogens with zero attached hydrogens (tertiary/aromatic N) is 3. The van der Waals surface area contributed by atoms with E-state index in [9.17, 15) is 4.79 Å². The molecule has 1 aromatic carbocycles. The predicted octanol–water partition coefficient (Wildman–Crippen LogP) is 2.00. The van der Waals surface area contributed by atoms with Crippen molar-refractivity contribution < 1.29 is 9.53 Å². The number of nitrogens with one attached hydrogen (secondary N) is 1. The van der Waals surface area contributed by atoms with Gasteiger partial charge in [0.1, 0.15) is 23.5 Å². The molecule has 0 amide bonds. The average molecular weight is 341 g/mol. The SMILES string of the molecule is COC(=O)C1(N)CCN(c2cc(Nc3cccc(C)c3)ncn2)CC1. The maximum Gasteiger partial charge on any atom is 0.325 e. The van der Waals surface area contributed by atoms with E-state index in [1.54, 1.807) is 0 Å². The highest BCUT2D eigenvalue weighted by Crippen LogP contribution is 2.26. The van der Waals surface area contributed by atoms with Crippen molar-refractivity contribution in [2.24, 2.45) is 5.73 Å². The minimum absolute atomic E-state index is 0.350. The third-order valence-corrected chi connectivity index (χ3v) is 4.51. The standard InChI is InChI=1S/C18H23N5O2/c1-13-4-3-5-14(10-13)22-15-11-16(21-12-20-15)23-8-6-18(19,7-9-23)17(24)25-2/h3-5,10-12H,6-9,19H2,1-2H3,(H,20,21,22). The first-order valence-electron chi connectivity index (χ1n) is 8.28. The molecule has 25 heavy (non-hydrogen) atoms. The maximum absolute atomic E-state index is 11.8. The monoisotopic (exact) mass is 341 g/mol. The summed E-state index contributed by atoms with van der Waals surface area (Å²) in [6.07, 6.45) is 2.60. The lowest BCUT2D eigenvalue weighted by molar-refractivity contribution is -0.147. The van der Waals surface area contributed by atoms with Crippen molar-refractivity contribution in [1.82, 2.24) is 9.97 Å². The number of hydrogen-bond acceptors (Lipinski definition) is 7. The largest absolute Gasteiger partial charge is 0.468 e. The summed E-state index contributed by atoms with van der Waals surface area (Å²) in [5.74, 6) is 1.20. The fraction of sp³-hybridized carbons (Fsp3) is 0.389. The van der Waals surface area contributed by atoms with Crippen LogP contribution in [0.15, 0.2) is 36.7 Å². The summed E-state index contributed by atoms with van der Waals surface area (Å²) >= 11 is 0. The van der Waals surface area contributed by atoms with Crippen LogP contribution in [0.3, 0.4) is 0 Å². The van der Waals surface area contributed by atoms with Crippen LogP contribution in [0.5, 0.6) is 0 Å². The normalized spacial score (nSPS) is 16.4. The summed E-state index contributed by atoms with van der Waals surface area (Å²) in [7, 11) is 1.37. The molecule has 1 saturated heterocycles. The van der Waals surface area contributed by atoms with Gasteiger partial charge in [0.05, 0.1) is 7.11 Å². The highest BCUT2D eigenvalue weighted by atomic mass is 16.5. The van der Waals surface area contributed by atoms with E-state index in [0.717, 1.165) is 17.3 Å². The molecule has 1 aliphatic heterocycles. The summed E-state index contributed by atoms with van der Waals surface area (Å²) in [6, 6.07) is 10.0. The molecule has 3 N–H and O–H groups in total. The molecule has 3 rings (SSSR count). The Labute approximate surface area is 147 Å². The van der Waals surface area contributed by atoms with E-state index in [1.165, 1.54) is 19.0 Å². The van der Waals surface area contributed by atoms with E-state index >= 15 is 0 Å². The van der Waals surface area contributed by atoms with Crippen LogP contribution in [0.2, 0.25) is 0 Å². The Kier molecular flexibility index (Phi) is 4.85. The van der Waals surface area contributed by atoms with Crippen molar-refractivity contribution in [3.8, 4) is 0 Å². The lowest BCUT2D eigenvalue weighted by Gasteiger charge is -2.37. The van der Waals surface area contributed by atoms with E-state index in [-0.39, 0.29) is 5.97 Å². The molecule has 1 aromatic heterocycles. The molecule has 0 aliphatic carbocycles. The van der Waals surface area contributed by atoms with E-state index in [4.69, 9.17) is 10.5 Å². The van der Waals surface area contributed by atoms with Gasteiger partial charge in [-0.05, 0) is 37.5 Å². The molecular weight excluding hydrogens is 318 g/mol. The van der Waals surface area contributed by atoms with Gasteiger partial charge in [-0.3, -0.25) is 4.79 Å². The zero-order chi connectivity index (χ0) is 17.9. The molecular formula is C18H23N5O2.